The molecule has 0 aromatic heterocycles. The zero-order valence-corrected chi connectivity index (χ0v) is 7.20. The van der Waals surface area contributed by atoms with Gasteiger partial charge in [-0.05, 0) is 19.3 Å². The number of hydrogen-bond acceptors (Lipinski definition) is 4. The molecule has 4 N–H and O–H groups in total. The number of rotatable bonds is 3. The first kappa shape index (κ1) is 9.92. The summed E-state index contributed by atoms with van der Waals surface area (Å²) < 4.78 is 5.38. The monoisotopic (exact) mass is 175 g/mol. The first-order valence-electron chi connectivity index (χ1n) is 4.35. The zero-order valence-electron chi connectivity index (χ0n) is 7.20. The van der Waals surface area contributed by atoms with Crippen LogP contribution in [0, 0.1) is 0 Å². The van der Waals surface area contributed by atoms with Crippen molar-refractivity contribution in [1.29, 1.82) is 0 Å². The van der Waals surface area contributed by atoms with Crippen LogP contribution in [0.5, 0.6) is 0 Å². The van der Waals surface area contributed by atoms with E-state index in [0.29, 0.717) is 6.61 Å². The molecule has 1 fully saturated rings. The molecule has 0 aromatic rings. The normalized spacial score (nSPS) is 25.8. The predicted octanol–water partition coefficient (Wildman–Crippen LogP) is -0.762. The molecule has 0 radical (unpaired) electrons. The maximum atomic E-state index is 8.97. The van der Waals surface area contributed by atoms with Crippen molar-refractivity contribution in [3.8, 4) is 0 Å². The van der Waals surface area contributed by atoms with E-state index < -0.39 is 5.54 Å². The molecule has 1 atom stereocenters. The lowest BCUT2D eigenvalue weighted by atomic mass is 9.90. The fourth-order valence-corrected chi connectivity index (χ4v) is 1.45. The smallest absolute Gasteiger partial charge is 0.0888 e. The van der Waals surface area contributed by atoms with Crippen LogP contribution in [0.2, 0.25) is 0 Å². The summed E-state index contributed by atoms with van der Waals surface area (Å²) >= 11 is 0. The van der Waals surface area contributed by atoms with Gasteiger partial charge in [0.25, 0.3) is 0 Å². The van der Waals surface area contributed by atoms with E-state index in [4.69, 9.17) is 20.7 Å². The van der Waals surface area contributed by atoms with Gasteiger partial charge in [-0.15, -0.1) is 0 Å². The van der Waals surface area contributed by atoms with Gasteiger partial charge in [0.1, 0.15) is 0 Å². The molecule has 1 unspecified atom stereocenters. The van der Waals surface area contributed by atoms with E-state index in [0.717, 1.165) is 19.3 Å². The Labute approximate surface area is 72.3 Å². The second-order valence-electron chi connectivity index (χ2n) is 3.40. The molecule has 0 bridgehead atoms. The molecule has 72 valence electrons. The Morgan fingerprint density at radius 1 is 1.33 bits per heavy atom. The topological polar surface area (TPSA) is 75.7 Å². The van der Waals surface area contributed by atoms with Gasteiger partial charge in [0, 0.05) is 6.61 Å². The Bertz CT molecular complexity index is 130. The summed E-state index contributed by atoms with van der Waals surface area (Å²) in [6, 6.07) is 0. The average Bonchev–Trinajstić information content (AvgIpc) is 2.18. The largest absolute Gasteiger partial charge is 0.394 e. The van der Waals surface area contributed by atoms with Crippen LogP contribution in [0.4, 0.5) is 0 Å². The van der Waals surface area contributed by atoms with E-state index in [-0.39, 0.29) is 19.3 Å². The van der Waals surface area contributed by atoms with E-state index in [1.807, 2.05) is 0 Å². The predicted molar refractivity (Wildman–Crippen MR) is 44.7 cm³/mol. The molecule has 1 aliphatic heterocycles. The third kappa shape index (κ3) is 1.95. The standard InChI is InChI=1S/C8H17NO3/c9-8(5-10,6-11)7-3-1-2-4-12-7/h7,10-11H,1-6,9H2. The molecule has 1 aliphatic rings. The third-order valence-corrected chi connectivity index (χ3v) is 2.41. The molecule has 12 heavy (non-hydrogen) atoms. The van der Waals surface area contributed by atoms with Crippen molar-refractivity contribution in [2.75, 3.05) is 19.8 Å². The molecule has 1 heterocycles. The third-order valence-electron chi connectivity index (χ3n) is 2.41. The number of hydrogen-bond donors (Lipinski definition) is 3. The van der Waals surface area contributed by atoms with Gasteiger partial charge in [-0.25, -0.2) is 0 Å². The lowest BCUT2D eigenvalue weighted by Crippen LogP contribution is -2.58. The molecule has 0 aliphatic carbocycles. The molecule has 4 nitrogen and oxygen atoms in total. The highest BCUT2D eigenvalue weighted by Gasteiger charge is 2.35. The molecule has 1 saturated heterocycles. The van der Waals surface area contributed by atoms with Crippen molar-refractivity contribution in [2.24, 2.45) is 5.73 Å². The van der Waals surface area contributed by atoms with Gasteiger partial charge in [0.2, 0.25) is 0 Å². The Kier molecular flexibility index (Phi) is 3.46. The Hall–Kier alpha value is -0.160. The second kappa shape index (κ2) is 4.18. The minimum atomic E-state index is -0.958. The summed E-state index contributed by atoms with van der Waals surface area (Å²) in [6.45, 7) is 0.228. The molecule has 4 heteroatoms. The fourth-order valence-electron chi connectivity index (χ4n) is 1.45. The minimum Gasteiger partial charge on any atom is -0.394 e. The van der Waals surface area contributed by atoms with Crippen molar-refractivity contribution >= 4 is 0 Å². The van der Waals surface area contributed by atoms with Gasteiger partial charge in [0.15, 0.2) is 0 Å². The van der Waals surface area contributed by atoms with Gasteiger partial charge in [-0.2, -0.15) is 0 Å². The molecule has 1 rings (SSSR count). The van der Waals surface area contributed by atoms with E-state index in [1.54, 1.807) is 0 Å². The van der Waals surface area contributed by atoms with Crippen LogP contribution in [-0.2, 0) is 4.74 Å². The average molecular weight is 175 g/mol. The Balaban J connectivity index is 2.51. The van der Waals surface area contributed by atoms with Crippen molar-refractivity contribution in [3.05, 3.63) is 0 Å². The first-order valence-corrected chi connectivity index (χ1v) is 4.35. The molecular weight excluding hydrogens is 158 g/mol. The van der Waals surface area contributed by atoms with Crippen LogP contribution < -0.4 is 5.73 Å². The minimum absolute atomic E-state index is 0.193. The highest BCUT2D eigenvalue weighted by Crippen LogP contribution is 2.21. The van der Waals surface area contributed by atoms with E-state index in [1.165, 1.54) is 0 Å². The van der Waals surface area contributed by atoms with Gasteiger partial charge >= 0.3 is 0 Å². The molecule has 0 aromatic carbocycles. The maximum Gasteiger partial charge on any atom is 0.0888 e. The highest BCUT2D eigenvalue weighted by molar-refractivity contribution is 4.92. The van der Waals surface area contributed by atoms with E-state index >= 15 is 0 Å². The Morgan fingerprint density at radius 2 is 2.00 bits per heavy atom. The van der Waals surface area contributed by atoms with Gasteiger partial charge in [-0.1, -0.05) is 0 Å². The van der Waals surface area contributed by atoms with Crippen molar-refractivity contribution in [3.63, 3.8) is 0 Å². The summed E-state index contributed by atoms with van der Waals surface area (Å²) in [6.07, 6.45) is 2.74. The van der Waals surface area contributed by atoms with Crippen molar-refractivity contribution in [2.45, 2.75) is 30.9 Å². The number of aliphatic hydroxyl groups excluding tert-OH is 2. The number of aliphatic hydroxyl groups is 2. The summed E-state index contributed by atoms with van der Waals surface area (Å²) in [5, 5.41) is 17.9. The van der Waals surface area contributed by atoms with Crippen LogP contribution in [0.25, 0.3) is 0 Å². The summed E-state index contributed by atoms with van der Waals surface area (Å²) in [7, 11) is 0. The van der Waals surface area contributed by atoms with Gasteiger partial charge in [-0.3, -0.25) is 0 Å². The second-order valence-corrected chi connectivity index (χ2v) is 3.40. The van der Waals surface area contributed by atoms with Crippen molar-refractivity contribution < 1.29 is 14.9 Å². The molecule has 0 saturated carbocycles. The zero-order chi connectivity index (χ0) is 9.03. The van der Waals surface area contributed by atoms with Crippen LogP contribution in [0.3, 0.4) is 0 Å². The summed E-state index contributed by atoms with van der Waals surface area (Å²) in [4.78, 5) is 0. The summed E-state index contributed by atoms with van der Waals surface area (Å²) in [5.41, 5.74) is 4.79. The van der Waals surface area contributed by atoms with E-state index in [2.05, 4.69) is 0 Å². The van der Waals surface area contributed by atoms with Crippen molar-refractivity contribution in [1.82, 2.24) is 0 Å². The van der Waals surface area contributed by atoms with Gasteiger partial charge < -0.3 is 20.7 Å². The summed E-state index contributed by atoms with van der Waals surface area (Å²) in [5.74, 6) is 0. The van der Waals surface area contributed by atoms with Crippen LogP contribution in [0.15, 0.2) is 0 Å². The molecular formula is C8H17NO3. The van der Waals surface area contributed by atoms with Crippen LogP contribution in [0.1, 0.15) is 19.3 Å². The van der Waals surface area contributed by atoms with Gasteiger partial charge in [0.05, 0.1) is 24.9 Å². The molecule has 0 spiro atoms. The number of ether oxygens (including phenoxy) is 1. The fraction of sp³-hybridized carbons (Fsp3) is 1.00. The quantitative estimate of drug-likeness (QED) is 0.527. The lowest BCUT2D eigenvalue weighted by molar-refractivity contribution is -0.0654. The van der Waals surface area contributed by atoms with E-state index in [9.17, 15) is 0 Å². The first-order chi connectivity index (χ1) is 5.73. The maximum absolute atomic E-state index is 8.97. The van der Waals surface area contributed by atoms with Crippen LogP contribution >= 0.6 is 0 Å². The Morgan fingerprint density at radius 3 is 2.42 bits per heavy atom. The number of nitrogens with two attached hydrogens (primary N) is 1. The lowest BCUT2D eigenvalue weighted by Gasteiger charge is -2.36. The van der Waals surface area contributed by atoms with Crippen LogP contribution in [-0.4, -0.2) is 41.7 Å². The highest BCUT2D eigenvalue weighted by atomic mass is 16.5. The SMILES string of the molecule is NC(CO)(CO)C1CCCCO1. The molecule has 0 amide bonds.